The van der Waals surface area contributed by atoms with E-state index in [1.54, 1.807) is 6.20 Å². The first-order valence-electron chi connectivity index (χ1n) is 13.5. The first-order valence-corrected chi connectivity index (χ1v) is 13.5. The van der Waals surface area contributed by atoms with Crippen LogP contribution in [-0.2, 0) is 17.6 Å². The Hall–Kier alpha value is -2.28. The van der Waals surface area contributed by atoms with Gasteiger partial charge in [0.2, 0.25) is 0 Å². The minimum absolute atomic E-state index is 0.106. The van der Waals surface area contributed by atoms with Gasteiger partial charge in [0.05, 0.1) is 6.04 Å². The maximum Gasteiger partial charge on any atom is 0.263 e. The third-order valence-electron chi connectivity index (χ3n) is 7.42. The second-order valence-electron chi connectivity index (χ2n) is 9.96. The van der Waals surface area contributed by atoms with E-state index in [-0.39, 0.29) is 23.6 Å². The summed E-state index contributed by atoms with van der Waals surface area (Å²) < 4.78 is 0. The molecule has 33 heavy (non-hydrogen) atoms. The molecule has 4 nitrogen and oxygen atoms in total. The van der Waals surface area contributed by atoms with Gasteiger partial charge < -0.3 is 10.6 Å². The molecule has 4 heteroatoms. The van der Waals surface area contributed by atoms with Crippen LogP contribution in [0.3, 0.4) is 0 Å². The molecule has 0 spiro atoms. The highest BCUT2D eigenvalue weighted by Crippen LogP contribution is 2.26. The maximum atomic E-state index is 12.9. The van der Waals surface area contributed by atoms with Crippen molar-refractivity contribution in [3.05, 3.63) is 46.7 Å². The van der Waals surface area contributed by atoms with Crippen molar-refractivity contribution < 1.29 is 4.79 Å². The highest BCUT2D eigenvalue weighted by atomic mass is 16.1. The van der Waals surface area contributed by atoms with E-state index in [9.17, 15) is 10.1 Å². The molecule has 1 saturated carbocycles. The average Bonchev–Trinajstić information content (AvgIpc) is 2.83. The fraction of sp³-hybridized carbons (Fsp3) is 0.655. The quantitative estimate of drug-likeness (QED) is 0.371. The fourth-order valence-electron chi connectivity index (χ4n) is 5.32. The van der Waals surface area contributed by atoms with Crippen LogP contribution in [0.4, 0.5) is 0 Å². The molecule has 1 aromatic rings. The molecule has 0 saturated heterocycles. The van der Waals surface area contributed by atoms with Gasteiger partial charge in [-0.25, -0.2) is 0 Å². The number of rotatable bonds is 6. The Morgan fingerprint density at radius 1 is 0.970 bits per heavy atom. The Kier molecular flexibility index (Phi) is 10.8. The Bertz CT molecular complexity index is 811. The minimum atomic E-state index is -0.234. The highest BCUT2D eigenvalue weighted by molar-refractivity contribution is 5.97. The molecular formula is C29H43N3O. The number of aryl methyl sites for hydroxylation is 2. The number of carbonyl (C=O) groups excluding carboxylic acids is 1. The van der Waals surface area contributed by atoms with Crippen molar-refractivity contribution >= 4 is 5.91 Å². The van der Waals surface area contributed by atoms with Crippen molar-refractivity contribution in [1.29, 1.82) is 5.26 Å². The molecule has 0 bridgehead atoms. The molecule has 180 valence electrons. The Morgan fingerprint density at radius 3 is 2.18 bits per heavy atom. The number of benzene rings is 1. The van der Waals surface area contributed by atoms with Crippen molar-refractivity contribution in [3.8, 4) is 6.07 Å². The maximum absolute atomic E-state index is 12.9. The van der Waals surface area contributed by atoms with E-state index in [1.165, 1.54) is 80.9 Å². The molecule has 2 aliphatic carbocycles. The SMILES string of the molecule is CCC(N/C=C(/C#N)C(=O)NC1CCCCCCCCCCC1)c1ccc2c(c1)CCCC2. The summed E-state index contributed by atoms with van der Waals surface area (Å²) in [5.74, 6) is -0.234. The van der Waals surface area contributed by atoms with E-state index in [2.05, 4.69) is 41.8 Å². The van der Waals surface area contributed by atoms with Gasteiger partial charge in [-0.2, -0.15) is 5.26 Å². The predicted octanol–water partition coefficient (Wildman–Crippen LogP) is 6.80. The van der Waals surface area contributed by atoms with Crippen LogP contribution in [0.25, 0.3) is 0 Å². The second kappa shape index (κ2) is 14.1. The predicted molar refractivity (Wildman–Crippen MR) is 136 cm³/mol. The van der Waals surface area contributed by atoms with Crippen LogP contribution in [-0.4, -0.2) is 11.9 Å². The molecule has 1 atom stereocenters. The Balaban J connectivity index is 1.59. The first kappa shape index (κ1) is 25.3. The molecule has 0 heterocycles. The zero-order chi connectivity index (χ0) is 23.3. The van der Waals surface area contributed by atoms with Crippen molar-refractivity contribution in [2.24, 2.45) is 0 Å². The van der Waals surface area contributed by atoms with Crippen LogP contribution in [0.1, 0.15) is 120 Å². The summed E-state index contributed by atoms with van der Waals surface area (Å²) in [7, 11) is 0. The van der Waals surface area contributed by atoms with Crippen LogP contribution in [0.15, 0.2) is 30.0 Å². The smallest absolute Gasteiger partial charge is 0.263 e. The van der Waals surface area contributed by atoms with E-state index >= 15 is 0 Å². The Labute approximate surface area is 201 Å². The normalized spacial score (nSPS) is 19.8. The summed E-state index contributed by atoms with van der Waals surface area (Å²) in [5, 5.41) is 16.2. The van der Waals surface area contributed by atoms with E-state index < -0.39 is 0 Å². The van der Waals surface area contributed by atoms with Gasteiger partial charge in [0.15, 0.2) is 0 Å². The summed E-state index contributed by atoms with van der Waals surface area (Å²) in [6.45, 7) is 2.14. The lowest BCUT2D eigenvalue weighted by Gasteiger charge is -2.22. The van der Waals surface area contributed by atoms with Gasteiger partial charge in [0.1, 0.15) is 11.6 Å². The first-order chi connectivity index (χ1) is 16.2. The third-order valence-corrected chi connectivity index (χ3v) is 7.42. The summed E-state index contributed by atoms with van der Waals surface area (Å²) in [4.78, 5) is 12.9. The molecule has 0 aromatic heterocycles. The van der Waals surface area contributed by atoms with E-state index in [0.717, 1.165) is 38.5 Å². The average molecular weight is 450 g/mol. The van der Waals surface area contributed by atoms with Crippen LogP contribution in [0, 0.1) is 11.3 Å². The Morgan fingerprint density at radius 2 is 1.58 bits per heavy atom. The molecule has 0 radical (unpaired) electrons. The molecular weight excluding hydrogens is 406 g/mol. The number of carbonyl (C=O) groups is 1. The van der Waals surface area contributed by atoms with Gasteiger partial charge in [-0.05, 0) is 61.6 Å². The largest absolute Gasteiger partial charge is 0.383 e. The van der Waals surface area contributed by atoms with Gasteiger partial charge >= 0.3 is 0 Å². The van der Waals surface area contributed by atoms with Crippen molar-refractivity contribution in [1.82, 2.24) is 10.6 Å². The number of amides is 1. The molecule has 1 amide bonds. The zero-order valence-corrected chi connectivity index (χ0v) is 20.6. The molecule has 1 fully saturated rings. The second-order valence-corrected chi connectivity index (χ2v) is 9.96. The lowest BCUT2D eigenvalue weighted by atomic mass is 9.89. The van der Waals surface area contributed by atoms with Crippen LogP contribution < -0.4 is 10.6 Å². The van der Waals surface area contributed by atoms with Crippen LogP contribution >= 0.6 is 0 Å². The lowest BCUT2D eigenvalue weighted by molar-refractivity contribution is -0.117. The lowest BCUT2D eigenvalue weighted by Crippen LogP contribution is -2.36. The van der Waals surface area contributed by atoms with Crippen molar-refractivity contribution in [2.75, 3.05) is 0 Å². The third kappa shape index (κ3) is 8.22. The number of hydrogen-bond donors (Lipinski definition) is 2. The molecule has 0 aliphatic heterocycles. The summed E-state index contributed by atoms with van der Waals surface area (Å²) in [6.07, 6.45) is 20.9. The van der Waals surface area contributed by atoms with Gasteiger partial charge in [0, 0.05) is 12.2 Å². The van der Waals surface area contributed by atoms with Crippen molar-refractivity contribution in [3.63, 3.8) is 0 Å². The van der Waals surface area contributed by atoms with Crippen LogP contribution in [0.5, 0.6) is 0 Å². The summed E-state index contributed by atoms with van der Waals surface area (Å²) in [5.41, 5.74) is 4.36. The van der Waals surface area contributed by atoms with E-state index in [1.807, 2.05) is 0 Å². The monoisotopic (exact) mass is 449 g/mol. The number of nitriles is 1. The number of nitrogens with zero attached hydrogens (tertiary/aromatic N) is 1. The van der Waals surface area contributed by atoms with Gasteiger partial charge in [0.25, 0.3) is 5.91 Å². The van der Waals surface area contributed by atoms with Gasteiger partial charge in [-0.15, -0.1) is 0 Å². The molecule has 1 unspecified atom stereocenters. The van der Waals surface area contributed by atoms with E-state index in [4.69, 9.17) is 0 Å². The standard InChI is InChI=1S/C29H43N3O/c1-2-28(25-19-18-23-14-12-13-15-24(23)20-25)31-22-26(21-30)29(33)32-27-16-10-8-6-4-3-5-7-9-11-17-27/h18-20,22,27-28,31H,2-17H2,1H3,(H,32,33)/b26-22-. The topological polar surface area (TPSA) is 64.9 Å². The van der Waals surface area contributed by atoms with E-state index in [0.29, 0.717) is 0 Å². The fourth-order valence-corrected chi connectivity index (χ4v) is 5.32. The minimum Gasteiger partial charge on any atom is -0.383 e. The number of nitrogens with one attached hydrogen (secondary N) is 2. The number of hydrogen-bond acceptors (Lipinski definition) is 3. The highest BCUT2D eigenvalue weighted by Gasteiger charge is 2.18. The van der Waals surface area contributed by atoms with Gasteiger partial charge in [-0.1, -0.05) is 82.9 Å². The molecule has 2 aliphatic rings. The van der Waals surface area contributed by atoms with Gasteiger partial charge in [-0.3, -0.25) is 4.79 Å². The van der Waals surface area contributed by atoms with Crippen molar-refractivity contribution in [2.45, 2.75) is 122 Å². The molecule has 3 rings (SSSR count). The molecule has 2 N–H and O–H groups in total. The molecule has 1 aromatic carbocycles. The zero-order valence-electron chi connectivity index (χ0n) is 20.6. The summed E-state index contributed by atoms with van der Waals surface area (Å²) in [6, 6.07) is 9.20. The van der Waals surface area contributed by atoms with Crippen LogP contribution in [0.2, 0.25) is 0 Å². The number of fused-ring (bicyclic) bond motifs is 1. The summed E-state index contributed by atoms with van der Waals surface area (Å²) >= 11 is 0.